The molecule has 0 aliphatic rings. The molecule has 0 radical (unpaired) electrons. The van der Waals surface area contributed by atoms with E-state index in [1.54, 1.807) is 0 Å². The maximum absolute atomic E-state index is 6.03. The van der Waals surface area contributed by atoms with Gasteiger partial charge in [-0.25, -0.2) is 4.98 Å². The molecule has 1 aromatic heterocycles. The van der Waals surface area contributed by atoms with E-state index < -0.39 is 0 Å². The normalized spacial score (nSPS) is 10.6. The third-order valence-corrected chi connectivity index (χ3v) is 2.53. The number of rotatable bonds is 3. The van der Waals surface area contributed by atoms with Crippen LogP contribution in [-0.4, -0.2) is 11.0 Å². The summed E-state index contributed by atoms with van der Waals surface area (Å²) in [5.41, 5.74) is 2.22. The van der Waals surface area contributed by atoms with Gasteiger partial charge in [0.1, 0.15) is 11.0 Å². The lowest BCUT2D eigenvalue weighted by atomic mass is 10.1. The van der Waals surface area contributed by atoms with E-state index in [0.717, 1.165) is 16.9 Å². The van der Waals surface area contributed by atoms with Crippen LogP contribution in [0, 0.1) is 0 Å². The lowest BCUT2D eigenvalue weighted by molar-refractivity contribution is 0.889. The van der Waals surface area contributed by atoms with Gasteiger partial charge in [-0.3, -0.25) is 0 Å². The van der Waals surface area contributed by atoms with Gasteiger partial charge in [0.2, 0.25) is 0 Å². The van der Waals surface area contributed by atoms with E-state index in [2.05, 4.69) is 36.3 Å². The van der Waals surface area contributed by atoms with E-state index in [1.165, 1.54) is 0 Å². The van der Waals surface area contributed by atoms with Gasteiger partial charge in [-0.1, -0.05) is 41.9 Å². The molecule has 0 bridgehead atoms. The predicted octanol–water partition coefficient (Wildman–Crippen LogP) is 4.22. The van der Waals surface area contributed by atoms with Crippen LogP contribution in [0.4, 0.5) is 5.82 Å². The Hall–Kier alpha value is -1.54. The standard InChI is InChI=1S/C14H15ClN2/c1-10(2)16-14-9-12(8-13(15)17-14)11-6-4-3-5-7-11/h3-10H,1-2H3,(H,16,17). The number of pyridine rings is 1. The zero-order valence-corrected chi connectivity index (χ0v) is 10.7. The minimum atomic E-state index is 0.338. The van der Waals surface area contributed by atoms with E-state index >= 15 is 0 Å². The van der Waals surface area contributed by atoms with Crippen LogP contribution >= 0.6 is 11.6 Å². The first kappa shape index (κ1) is 11.9. The fraction of sp³-hybridized carbons (Fsp3) is 0.214. The smallest absolute Gasteiger partial charge is 0.132 e. The minimum Gasteiger partial charge on any atom is -0.368 e. The highest BCUT2D eigenvalue weighted by Crippen LogP contribution is 2.24. The lowest BCUT2D eigenvalue weighted by Gasteiger charge is -2.11. The lowest BCUT2D eigenvalue weighted by Crippen LogP contribution is -2.11. The van der Waals surface area contributed by atoms with Crippen molar-refractivity contribution in [2.24, 2.45) is 0 Å². The van der Waals surface area contributed by atoms with Gasteiger partial charge in [0, 0.05) is 6.04 Å². The van der Waals surface area contributed by atoms with Gasteiger partial charge >= 0.3 is 0 Å². The number of halogens is 1. The quantitative estimate of drug-likeness (QED) is 0.820. The number of hydrogen-bond donors (Lipinski definition) is 1. The number of hydrogen-bond acceptors (Lipinski definition) is 2. The Morgan fingerprint density at radius 2 is 1.76 bits per heavy atom. The Bertz CT molecular complexity index is 495. The SMILES string of the molecule is CC(C)Nc1cc(-c2ccccc2)cc(Cl)n1. The molecule has 0 amide bonds. The first-order valence-corrected chi connectivity index (χ1v) is 6.02. The Kier molecular flexibility index (Phi) is 3.64. The van der Waals surface area contributed by atoms with Crippen molar-refractivity contribution in [3.63, 3.8) is 0 Å². The van der Waals surface area contributed by atoms with Crippen LogP contribution in [-0.2, 0) is 0 Å². The van der Waals surface area contributed by atoms with Gasteiger partial charge in [0.15, 0.2) is 0 Å². The molecule has 2 rings (SSSR count). The molecule has 0 aliphatic heterocycles. The van der Waals surface area contributed by atoms with Crippen molar-refractivity contribution < 1.29 is 0 Å². The van der Waals surface area contributed by atoms with E-state index in [1.807, 2.05) is 30.3 Å². The van der Waals surface area contributed by atoms with Crippen LogP contribution in [0.25, 0.3) is 11.1 Å². The third kappa shape index (κ3) is 3.21. The molecule has 0 spiro atoms. The monoisotopic (exact) mass is 246 g/mol. The first-order chi connectivity index (χ1) is 8.15. The molecule has 0 atom stereocenters. The van der Waals surface area contributed by atoms with Crippen LogP contribution in [0.3, 0.4) is 0 Å². The second-order valence-corrected chi connectivity index (χ2v) is 4.62. The second kappa shape index (κ2) is 5.19. The largest absolute Gasteiger partial charge is 0.368 e. The molecule has 0 unspecified atom stereocenters. The Morgan fingerprint density at radius 3 is 2.41 bits per heavy atom. The average Bonchev–Trinajstić information content (AvgIpc) is 2.28. The van der Waals surface area contributed by atoms with Gasteiger partial charge in [-0.15, -0.1) is 0 Å². The molecular formula is C14H15ClN2. The minimum absolute atomic E-state index is 0.338. The van der Waals surface area contributed by atoms with Crippen molar-refractivity contribution in [1.29, 1.82) is 0 Å². The molecular weight excluding hydrogens is 232 g/mol. The highest BCUT2D eigenvalue weighted by molar-refractivity contribution is 6.29. The summed E-state index contributed by atoms with van der Waals surface area (Å²) in [4.78, 5) is 4.25. The summed E-state index contributed by atoms with van der Waals surface area (Å²) in [5, 5.41) is 3.77. The van der Waals surface area contributed by atoms with E-state index in [-0.39, 0.29) is 0 Å². The van der Waals surface area contributed by atoms with Crippen molar-refractivity contribution in [1.82, 2.24) is 4.98 Å². The molecule has 17 heavy (non-hydrogen) atoms. The Morgan fingerprint density at radius 1 is 1.06 bits per heavy atom. The number of nitrogens with zero attached hydrogens (tertiary/aromatic N) is 1. The maximum atomic E-state index is 6.03. The Labute approximate surface area is 107 Å². The summed E-state index contributed by atoms with van der Waals surface area (Å²) >= 11 is 6.03. The molecule has 1 heterocycles. The molecule has 0 saturated heterocycles. The van der Waals surface area contributed by atoms with Gasteiger partial charge < -0.3 is 5.32 Å². The Balaban J connectivity index is 2.38. The van der Waals surface area contributed by atoms with E-state index in [0.29, 0.717) is 11.2 Å². The summed E-state index contributed by atoms with van der Waals surface area (Å²) in [5.74, 6) is 0.811. The van der Waals surface area contributed by atoms with Crippen molar-refractivity contribution in [3.05, 3.63) is 47.6 Å². The predicted molar refractivity (Wildman–Crippen MR) is 73.4 cm³/mol. The summed E-state index contributed by atoms with van der Waals surface area (Å²) in [6.45, 7) is 4.15. The van der Waals surface area contributed by atoms with Crippen molar-refractivity contribution in [2.45, 2.75) is 19.9 Å². The van der Waals surface area contributed by atoms with Crippen LogP contribution in [0.5, 0.6) is 0 Å². The number of nitrogens with one attached hydrogen (secondary N) is 1. The summed E-state index contributed by atoms with van der Waals surface area (Å²) in [6, 6.07) is 14.4. The van der Waals surface area contributed by atoms with Crippen LogP contribution in [0.2, 0.25) is 5.15 Å². The van der Waals surface area contributed by atoms with Gasteiger partial charge in [0.25, 0.3) is 0 Å². The summed E-state index contributed by atoms with van der Waals surface area (Å²) < 4.78 is 0. The molecule has 88 valence electrons. The number of anilines is 1. The summed E-state index contributed by atoms with van der Waals surface area (Å²) in [6.07, 6.45) is 0. The maximum Gasteiger partial charge on any atom is 0.132 e. The fourth-order valence-corrected chi connectivity index (χ4v) is 1.87. The van der Waals surface area contributed by atoms with Gasteiger partial charge in [-0.2, -0.15) is 0 Å². The molecule has 1 N–H and O–H groups in total. The zero-order valence-electron chi connectivity index (χ0n) is 9.94. The van der Waals surface area contributed by atoms with Crippen LogP contribution < -0.4 is 5.32 Å². The number of aromatic nitrogens is 1. The molecule has 3 heteroatoms. The molecule has 2 nitrogen and oxygen atoms in total. The molecule has 0 fully saturated rings. The highest BCUT2D eigenvalue weighted by atomic mass is 35.5. The molecule has 0 saturated carbocycles. The fourth-order valence-electron chi connectivity index (χ4n) is 1.66. The average molecular weight is 247 g/mol. The van der Waals surface area contributed by atoms with Gasteiger partial charge in [0.05, 0.1) is 0 Å². The van der Waals surface area contributed by atoms with Crippen molar-refractivity contribution in [2.75, 3.05) is 5.32 Å². The first-order valence-electron chi connectivity index (χ1n) is 5.64. The zero-order chi connectivity index (χ0) is 12.3. The van der Waals surface area contributed by atoms with Gasteiger partial charge in [-0.05, 0) is 37.1 Å². The molecule has 1 aromatic carbocycles. The molecule has 0 aliphatic carbocycles. The topological polar surface area (TPSA) is 24.9 Å². The molecule has 2 aromatic rings. The van der Waals surface area contributed by atoms with Crippen molar-refractivity contribution >= 4 is 17.4 Å². The van der Waals surface area contributed by atoms with Crippen LogP contribution in [0.1, 0.15) is 13.8 Å². The van der Waals surface area contributed by atoms with Crippen LogP contribution in [0.15, 0.2) is 42.5 Å². The highest BCUT2D eigenvalue weighted by Gasteiger charge is 2.04. The third-order valence-electron chi connectivity index (χ3n) is 2.34. The van der Waals surface area contributed by atoms with Crippen molar-refractivity contribution in [3.8, 4) is 11.1 Å². The number of benzene rings is 1. The van der Waals surface area contributed by atoms with E-state index in [4.69, 9.17) is 11.6 Å². The summed E-state index contributed by atoms with van der Waals surface area (Å²) in [7, 11) is 0. The van der Waals surface area contributed by atoms with E-state index in [9.17, 15) is 0 Å². The second-order valence-electron chi connectivity index (χ2n) is 4.23.